The van der Waals surface area contributed by atoms with E-state index in [4.69, 9.17) is 0 Å². The standard InChI is InChI=1S/C12H17N3O2/c1-7-10(12(17)14-8(2)13-7)5-6-11(16)15-9-3-4-9/h9H,3-6H2,1-2H3,(H,15,16)(H,13,14,17). The van der Waals surface area contributed by atoms with E-state index in [0.717, 1.165) is 12.8 Å². The highest BCUT2D eigenvalue weighted by Gasteiger charge is 2.23. The van der Waals surface area contributed by atoms with Crippen LogP contribution in [0.3, 0.4) is 0 Å². The monoisotopic (exact) mass is 235 g/mol. The van der Waals surface area contributed by atoms with E-state index < -0.39 is 0 Å². The second kappa shape index (κ2) is 4.69. The quantitative estimate of drug-likeness (QED) is 0.802. The summed E-state index contributed by atoms with van der Waals surface area (Å²) in [6.07, 6.45) is 2.97. The van der Waals surface area contributed by atoms with Crippen LogP contribution in [0.2, 0.25) is 0 Å². The minimum Gasteiger partial charge on any atom is -0.353 e. The smallest absolute Gasteiger partial charge is 0.254 e. The maximum absolute atomic E-state index is 11.7. The molecule has 0 unspecified atom stereocenters. The molecule has 5 nitrogen and oxygen atoms in total. The molecule has 0 saturated heterocycles. The summed E-state index contributed by atoms with van der Waals surface area (Å²) >= 11 is 0. The molecule has 17 heavy (non-hydrogen) atoms. The van der Waals surface area contributed by atoms with E-state index in [2.05, 4.69) is 15.3 Å². The lowest BCUT2D eigenvalue weighted by atomic mass is 10.1. The van der Waals surface area contributed by atoms with Crippen LogP contribution in [0.5, 0.6) is 0 Å². The Kier molecular flexibility index (Phi) is 3.26. The van der Waals surface area contributed by atoms with Crippen molar-refractivity contribution in [1.29, 1.82) is 0 Å². The van der Waals surface area contributed by atoms with Gasteiger partial charge in [0.1, 0.15) is 5.82 Å². The summed E-state index contributed by atoms with van der Waals surface area (Å²) < 4.78 is 0. The first-order chi connectivity index (χ1) is 8.06. The molecule has 2 rings (SSSR count). The van der Waals surface area contributed by atoms with Gasteiger partial charge in [-0.1, -0.05) is 0 Å². The van der Waals surface area contributed by atoms with Gasteiger partial charge >= 0.3 is 0 Å². The average Bonchev–Trinajstić information content (AvgIpc) is 2.99. The Balaban J connectivity index is 1.98. The number of rotatable bonds is 4. The average molecular weight is 235 g/mol. The molecule has 0 radical (unpaired) electrons. The molecule has 1 fully saturated rings. The predicted octanol–water partition coefficient (Wildman–Crippen LogP) is 0.598. The molecule has 1 aromatic heterocycles. The number of aromatic nitrogens is 2. The molecule has 5 heteroatoms. The van der Waals surface area contributed by atoms with Gasteiger partial charge in [0.25, 0.3) is 5.56 Å². The molecule has 0 aromatic carbocycles. The Bertz CT molecular complexity index is 489. The molecule has 1 aromatic rings. The van der Waals surface area contributed by atoms with Crippen LogP contribution in [-0.4, -0.2) is 21.9 Å². The highest BCUT2D eigenvalue weighted by Crippen LogP contribution is 2.18. The molecule has 0 spiro atoms. The van der Waals surface area contributed by atoms with E-state index in [0.29, 0.717) is 36.0 Å². The van der Waals surface area contributed by atoms with Gasteiger partial charge in [-0.05, 0) is 33.1 Å². The molecule has 0 bridgehead atoms. The summed E-state index contributed by atoms with van der Waals surface area (Å²) in [6, 6.07) is 0.373. The number of aryl methyl sites for hydroxylation is 2. The van der Waals surface area contributed by atoms with Crippen molar-refractivity contribution in [3.05, 3.63) is 27.4 Å². The number of hydrogen-bond acceptors (Lipinski definition) is 3. The first-order valence-electron chi connectivity index (χ1n) is 5.92. The van der Waals surface area contributed by atoms with Crippen molar-refractivity contribution in [2.24, 2.45) is 0 Å². The summed E-state index contributed by atoms with van der Waals surface area (Å²) in [5, 5.41) is 2.90. The highest BCUT2D eigenvalue weighted by molar-refractivity contribution is 5.76. The normalized spacial score (nSPS) is 14.7. The third kappa shape index (κ3) is 3.15. The fourth-order valence-corrected chi connectivity index (χ4v) is 1.81. The second-order valence-corrected chi connectivity index (χ2v) is 4.56. The van der Waals surface area contributed by atoms with E-state index in [1.165, 1.54) is 0 Å². The summed E-state index contributed by atoms with van der Waals surface area (Å²) in [7, 11) is 0. The maximum atomic E-state index is 11.7. The van der Waals surface area contributed by atoms with E-state index in [9.17, 15) is 9.59 Å². The number of nitrogens with one attached hydrogen (secondary N) is 2. The zero-order valence-corrected chi connectivity index (χ0v) is 10.2. The Labute approximate surface area is 99.7 Å². The topological polar surface area (TPSA) is 74.8 Å². The van der Waals surface area contributed by atoms with Crippen LogP contribution < -0.4 is 10.9 Å². The van der Waals surface area contributed by atoms with Crippen LogP contribution in [0.1, 0.15) is 36.3 Å². The van der Waals surface area contributed by atoms with Crippen LogP contribution in [0.25, 0.3) is 0 Å². The molecule has 1 aliphatic rings. The summed E-state index contributed by atoms with van der Waals surface area (Å²) in [6.45, 7) is 3.55. The molecule has 1 amide bonds. The van der Waals surface area contributed by atoms with Gasteiger partial charge in [-0.3, -0.25) is 9.59 Å². The maximum Gasteiger partial charge on any atom is 0.254 e. The predicted molar refractivity (Wildman–Crippen MR) is 63.8 cm³/mol. The van der Waals surface area contributed by atoms with Crippen molar-refractivity contribution >= 4 is 5.91 Å². The van der Waals surface area contributed by atoms with Crippen LogP contribution in [0.4, 0.5) is 0 Å². The number of H-pyrrole nitrogens is 1. The van der Waals surface area contributed by atoms with Crippen molar-refractivity contribution < 1.29 is 4.79 Å². The molecule has 1 aliphatic carbocycles. The van der Waals surface area contributed by atoms with Crippen molar-refractivity contribution in [3.63, 3.8) is 0 Å². The molecule has 0 atom stereocenters. The Morgan fingerprint density at radius 3 is 2.76 bits per heavy atom. The van der Waals surface area contributed by atoms with E-state index in [1.54, 1.807) is 13.8 Å². The van der Waals surface area contributed by atoms with Gasteiger partial charge in [0.15, 0.2) is 0 Å². The van der Waals surface area contributed by atoms with Gasteiger partial charge in [-0.2, -0.15) is 0 Å². The SMILES string of the molecule is Cc1nc(C)c(CCC(=O)NC2CC2)c(=O)[nH]1. The number of carbonyl (C=O) groups is 1. The van der Waals surface area contributed by atoms with E-state index in [1.807, 2.05) is 0 Å². The molecule has 0 aliphatic heterocycles. The molecule has 2 N–H and O–H groups in total. The third-order valence-electron chi connectivity index (χ3n) is 2.89. The van der Waals surface area contributed by atoms with E-state index >= 15 is 0 Å². The van der Waals surface area contributed by atoms with Crippen LogP contribution in [-0.2, 0) is 11.2 Å². The molecule has 1 saturated carbocycles. The van der Waals surface area contributed by atoms with Gasteiger partial charge in [0.2, 0.25) is 5.91 Å². The summed E-state index contributed by atoms with van der Waals surface area (Å²) in [5.41, 5.74) is 1.20. The highest BCUT2D eigenvalue weighted by atomic mass is 16.1. The molecule has 1 heterocycles. The first-order valence-corrected chi connectivity index (χ1v) is 5.92. The lowest BCUT2D eigenvalue weighted by molar-refractivity contribution is -0.121. The zero-order chi connectivity index (χ0) is 12.4. The number of carbonyl (C=O) groups excluding carboxylic acids is 1. The van der Waals surface area contributed by atoms with E-state index in [-0.39, 0.29) is 11.5 Å². The lowest BCUT2D eigenvalue weighted by Gasteiger charge is -2.05. The number of hydrogen-bond donors (Lipinski definition) is 2. The van der Waals surface area contributed by atoms with Crippen molar-refractivity contribution in [2.45, 2.75) is 45.6 Å². The zero-order valence-electron chi connectivity index (χ0n) is 10.2. The number of amides is 1. The Morgan fingerprint density at radius 1 is 1.47 bits per heavy atom. The largest absolute Gasteiger partial charge is 0.353 e. The van der Waals surface area contributed by atoms with Gasteiger partial charge in [0, 0.05) is 23.7 Å². The second-order valence-electron chi connectivity index (χ2n) is 4.56. The molecule has 92 valence electrons. The first kappa shape index (κ1) is 11.8. The van der Waals surface area contributed by atoms with Gasteiger partial charge in [-0.25, -0.2) is 4.98 Å². The van der Waals surface area contributed by atoms with Crippen molar-refractivity contribution in [2.75, 3.05) is 0 Å². The van der Waals surface area contributed by atoms with Gasteiger partial charge < -0.3 is 10.3 Å². The van der Waals surface area contributed by atoms with Crippen molar-refractivity contribution in [1.82, 2.24) is 15.3 Å². The lowest BCUT2D eigenvalue weighted by Crippen LogP contribution is -2.27. The van der Waals surface area contributed by atoms with Gasteiger partial charge in [-0.15, -0.1) is 0 Å². The van der Waals surface area contributed by atoms with Crippen LogP contribution in [0, 0.1) is 13.8 Å². The minimum atomic E-state index is -0.130. The van der Waals surface area contributed by atoms with Crippen LogP contribution >= 0.6 is 0 Å². The number of nitrogens with zero attached hydrogens (tertiary/aromatic N) is 1. The Hall–Kier alpha value is -1.65. The van der Waals surface area contributed by atoms with Gasteiger partial charge in [0.05, 0.1) is 0 Å². The summed E-state index contributed by atoms with van der Waals surface area (Å²) in [5.74, 6) is 0.630. The third-order valence-corrected chi connectivity index (χ3v) is 2.89. The summed E-state index contributed by atoms with van der Waals surface area (Å²) in [4.78, 5) is 30.0. The Morgan fingerprint density at radius 2 is 2.18 bits per heavy atom. The number of aromatic amines is 1. The molecular formula is C12H17N3O2. The fraction of sp³-hybridized carbons (Fsp3) is 0.583. The fourth-order valence-electron chi connectivity index (χ4n) is 1.81. The minimum absolute atomic E-state index is 0.0203. The van der Waals surface area contributed by atoms with Crippen LogP contribution in [0.15, 0.2) is 4.79 Å². The molecular weight excluding hydrogens is 218 g/mol. The van der Waals surface area contributed by atoms with Crippen molar-refractivity contribution in [3.8, 4) is 0 Å².